The van der Waals surface area contributed by atoms with E-state index in [0.29, 0.717) is 75.9 Å². The van der Waals surface area contributed by atoms with Crippen molar-refractivity contribution < 1.29 is 45.5 Å². The van der Waals surface area contributed by atoms with Crippen LogP contribution in [0.3, 0.4) is 0 Å². The van der Waals surface area contributed by atoms with Crippen LogP contribution in [-0.4, -0.2) is 105 Å². The topological polar surface area (TPSA) is 169 Å². The Morgan fingerprint density at radius 3 is 2.58 bits per heavy atom. The Bertz CT molecular complexity index is 2750. The minimum Gasteiger partial charge on any atom is -0.455 e. The normalized spacial score (nSPS) is 18.5. The predicted molar refractivity (Wildman–Crippen MR) is 241 cm³/mol. The number of alkyl halides is 3. The van der Waals surface area contributed by atoms with Crippen molar-refractivity contribution in [2.45, 2.75) is 50.3 Å². The molecule has 4 heterocycles. The lowest BCUT2D eigenvalue weighted by Crippen LogP contribution is -2.47. The van der Waals surface area contributed by atoms with Gasteiger partial charge in [0.2, 0.25) is 0 Å². The molecule has 14 nitrogen and oxygen atoms in total. The van der Waals surface area contributed by atoms with E-state index in [2.05, 4.69) is 38.9 Å². The number of ether oxygens (including phenoxy) is 3. The van der Waals surface area contributed by atoms with Crippen molar-refractivity contribution in [2.24, 2.45) is 5.41 Å². The second-order valence-corrected chi connectivity index (χ2v) is 19.7. The zero-order valence-electron chi connectivity index (χ0n) is 35.8. The molecule has 8 rings (SSSR count). The standard InChI is InChI=1S/C46H48ClF3N6O8S/c1-45(2)11-9-30(38(23-45)36-6-3-31(20-39(36)47)46(48,49)50)26-54-13-15-55(16-14-54)32-4-7-37(43(21-32)64-33-19-29-10-12-51-44(29)53-24-33)42(57)28-65(60,61)35-5-8-40(41(22-35)56(58)59)52-25-34-27-62-17-18-63-34/h3-8,10,12,19-22,24,34,52H,9,11,13-18,23,25-28H2,1-2H3,(H,51,53)/t34-/m1/s1. The first-order valence-corrected chi connectivity index (χ1v) is 23.2. The number of sulfone groups is 1. The van der Waals surface area contributed by atoms with Gasteiger partial charge < -0.3 is 29.4 Å². The number of anilines is 2. The molecule has 0 unspecified atom stereocenters. The average Bonchev–Trinajstić information content (AvgIpc) is 3.74. The van der Waals surface area contributed by atoms with E-state index in [4.69, 9.17) is 25.8 Å². The monoisotopic (exact) mass is 936 g/mol. The fraction of sp³-hybridized carbons (Fsp3) is 0.391. The van der Waals surface area contributed by atoms with Crippen LogP contribution in [0.5, 0.6) is 11.5 Å². The van der Waals surface area contributed by atoms with Gasteiger partial charge in [-0.15, -0.1) is 0 Å². The number of hydrogen-bond acceptors (Lipinski definition) is 12. The van der Waals surface area contributed by atoms with Crippen LogP contribution in [0.2, 0.25) is 5.02 Å². The van der Waals surface area contributed by atoms with Crippen molar-refractivity contribution in [3.63, 3.8) is 0 Å². The number of benzene rings is 3. The van der Waals surface area contributed by atoms with Crippen LogP contribution in [0.25, 0.3) is 16.6 Å². The van der Waals surface area contributed by atoms with Crippen molar-refractivity contribution >= 4 is 60.9 Å². The average molecular weight is 937 g/mol. The number of pyridine rings is 1. The molecule has 65 heavy (non-hydrogen) atoms. The van der Waals surface area contributed by atoms with E-state index in [-0.39, 0.29) is 45.0 Å². The van der Waals surface area contributed by atoms with E-state index < -0.39 is 43.7 Å². The summed E-state index contributed by atoms with van der Waals surface area (Å²) in [6, 6.07) is 15.6. The summed E-state index contributed by atoms with van der Waals surface area (Å²) in [5.74, 6) is -1.35. The molecular formula is C46H48ClF3N6O8S. The summed E-state index contributed by atoms with van der Waals surface area (Å²) in [6.07, 6.45) is 0.794. The number of nitrogens with one attached hydrogen (secondary N) is 2. The van der Waals surface area contributed by atoms with Crippen LogP contribution in [0.15, 0.2) is 89.6 Å². The number of aromatic nitrogens is 2. The van der Waals surface area contributed by atoms with Gasteiger partial charge in [0.05, 0.1) is 53.1 Å². The number of allylic oxidation sites excluding steroid dienone is 1. The van der Waals surface area contributed by atoms with Crippen LogP contribution in [0.4, 0.5) is 30.2 Å². The number of ketones is 1. The molecule has 0 radical (unpaired) electrons. The van der Waals surface area contributed by atoms with E-state index in [1.165, 1.54) is 30.5 Å². The molecule has 1 aliphatic carbocycles. The van der Waals surface area contributed by atoms with Gasteiger partial charge in [0, 0.05) is 73.7 Å². The minimum atomic E-state index is -4.50. The van der Waals surface area contributed by atoms with E-state index in [0.717, 1.165) is 53.3 Å². The molecule has 1 atom stereocenters. The van der Waals surface area contributed by atoms with Crippen LogP contribution in [0, 0.1) is 15.5 Å². The van der Waals surface area contributed by atoms with Gasteiger partial charge >= 0.3 is 6.18 Å². The minimum absolute atomic E-state index is 0.00534. The summed E-state index contributed by atoms with van der Waals surface area (Å²) >= 11 is 6.53. The number of aromatic amines is 1. The van der Waals surface area contributed by atoms with E-state index in [9.17, 15) is 36.5 Å². The van der Waals surface area contributed by atoms with E-state index >= 15 is 0 Å². The fourth-order valence-corrected chi connectivity index (χ4v) is 10.0. The van der Waals surface area contributed by atoms with Crippen molar-refractivity contribution in [3.8, 4) is 11.5 Å². The Hall–Kier alpha value is -5.53. The molecule has 0 saturated carbocycles. The van der Waals surface area contributed by atoms with Crippen molar-refractivity contribution in [1.82, 2.24) is 14.9 Å². The lowest BCUT2D eigenvalue weighted by atomic mass is 9.72. The van der Waals surface area contributed by atoms with Crippen LogP contribution in [-0.2, 0) is 25.5 Å². The Labute approximate surface area is 378 Å². The summed E-state index contributed by atoms with van der Waals surface area (Å²) in [6.45, 7) is 8.81. The molecule has 2 aromatic heterocycles. The van der Waals surface area contributed by atoms with Crippen molar-refractivity contribution in [3.05, 3.63) is 117 Å². The number of nitrogens with zero attached hydrogens (tertiary/aromatic N) is 4. The maximum Gasteiger partial charge on any atom is 0.416 e. The third-order valence-electron chi connectivity index (χ3n) is 12.1. The lowest BCUT2D eigenvalue weighted by molar-refractivity contribution is -0.384. The Balaban J connectivity index is 1.01. The number of H-pyrrole nitrogens is 1. The number of carbonyl (C=O) groups excluding carboxylic acids is 1. The molecule has 2 aliphatic heterocycles. The third-order valence-corrected chi connectivity index (χ3v) is 14.0. The smallest absolute Gasteiger partial charge is 0.416 e. The number of halogens is 4. The first-order chi connectivity index (χ1) is 30.9. The number of nitro benzene ring substituents is 1. The number of hydrogen-bond donors (Lipinski definition) is 2. The van der Waals surface area contributed by atoms with Gasteiger partial charge in [-0.3, -0.25) is 19.8 Å². The number of piperazine rings is 1. The number of Topliss-reactive ketones (excluding diaryl/α,β-unsaturated/α-hetero) is 1. The molecule has 0 spiro atoms. The zero-order chi connectivity index (χ0) is 46.1. The molecule has 19 heteroatoms. The second-order valence-electron chi connectivity index (χ2n) is 17.3. The highest BCUT2D eigenvalue weighted by Crippen LogP contribution is 2.46. The molecule has 5 aromatic rings. The van der Waals surface area contributed by atoms with Gasteiger partial charge in [-0.2, -0.15) is 13.2 Å². The maximum atomic E-state index is 14.0. The van der Waals surface area contributed by atoms with Crippen molar-refractivity contribution in [2.75, 3.05) is 75.1 Å². The highest BCUT2D eigenvalue weighted by molar-refractivity contribution is 7.92. The highest BCUT2D eigenvalue weighted by atomic mass is 35.5. The molecule has 0 bridgehead atoms. The predicted octanol–water partition coefficient (Wildman–Crippen LogP) is 9.21. The molecule has 344 valence electrons. The maximum absolute atomic E-state index is 14.0. The molecule has 2 saturated heterocycles. The Morgan fingerprint density at radius 2 is 1.86 bits per heavy atom. The summed E-state index contributed by atoms with van der Waals surface area (Å²) in [5.41, 5.74) is 2.92. The highest BCUT2D eigenvalue weighted by Gasteiger charge is 2.34. The quantitative estimate of drug-likeness (QED) is 0.0616. The first kappa shape index (κ1) is 46.0. The van der Waals surface area contributed by atoms with Gasteiger partial charge in [-0.1, -0.05) is 37.1 Å². The van der Waals surface area contributed by atoms with Gasteiger partial charge in [0.25, 0.3) is 5.69 Å². The fourth-order valence-electron chi connectivity index (χ4n) is 8.50. The van der Waals surface area contributed by atoms with Gasteiger partial charge in [-0.25, -0.2) is 13.4 Å². The number of nitro groups is 1. The van der Waals surface area contributed by atoms with Crippen LogP contribution < -0.4 is 15.0 Å². The van der Waals surface area contributed by atoms with Crippen LogP contribution in [0.1, 0.15) is 54.6 Å². The molecule has 2 N–H and O–H groups in total. The van der Waals surface area contributed by atoms with Gasteiger partial charge in [0.15, 0.2) is 15.6 Å². The van der Waals surface area contributed by atoms with E-state index in [1.807, 2.05) is 6.07 Å². The summed E-state index contributed by atoms with van der Waals surface area (Å²) in [7, 11) is -4.39. The molecule has 3 aliphatic rings. The number of fused-ring (bicyclic) bond motifs is 1. The van der Waals surface area contributed by atoms with Gasteiger partial charge in [-0.05, 0) is 84.3 Å². The zero-order valence-corrected chi connectivity index (χ0v) is 37.3. The first-order valence-electron chi connectivity index (χ1n) is 21.2. The summed E-state index contributed by atoms with van der Waals surface area (Å²) in [5, 5.41) is 15.8. The summed E-state index contributed by atoms with van der Waals surface area (Å²) in [4.78, 5) is 36.9. The Kier molecular flexibility index (Phi) is 13.3. The molecule has 3 aromatic carbocycles. The largest absolute Gasteiger partial charge is 0.455 e. The Morgan fingerprint density at radius 1 is 1.06 bits per heavy atom. The number of rotatable bonds is 14. The van der Waals surface area contributed by atoms with Gasteiger partial charge in [0.1, 0.15) is 28.6 Å². The van der Waals surface area contributed by atoms with Crippen LogP contribution >= 0.6 is 11.6 Å². The summed E-state index contributed by atoms with van der Waals surface area (Å²) < 4.78 is 85.3. The number of carbonyl (C=O) groups is 1. The SMILES string of the molecule is CC1(C)CCC(CN2CCN(c3ccc(C(=O)CS(=O)(=O)c4ccc(NC[C@@H]5COCCO5)c([N+](=O)[O-])c4)c(Oc4cnc5[nH]ccc5c4)c3)CC2)=C(c2ccc(C(F)(F)F)cc2Cl)C1. The third kappa shape index (κ3) is 10.8. The molecule has 2 fully saturated rings. The molecule has 0 amide bonds. The van der Waals surface area contributed by atoms with E-state index in [1.54, 1.807) is 24.4 Å². The second kappa shape index (κ2) is 18.8. The molecular weight excluding hydrogens is 889 g/mol. The lowest BCUT2D eigenvalue weighted by Gasteiger charge is -2.39. The van der Waals surface area contributed by atoms with Crippen molar-refractivity contribution in [1.29, 1.82) is 0 Å².